The second-order valence-electron chi connectivity index (χ2n) is 16.3. The number of allylic oxidation sites excluding steroid dienone is 1. The van der Waals surface area contributed by atoms with Crippen molar-refractivity contribution in [1.29, 1.82) is 0 Å². The molecule has 218 valence electrons. The van der Waals surface area contributed by atoms with Crippen molar-refractivity contribution in [3.8, 4) is 0 Å². The summed E-state index contributed by atoms with van der Waals surface area (Å²) in [6.45, 7) is 22.8. The van der Waals surface area contributed by atoms with E-state index in [0.29, 0.717) is 27.6 Å². The maximum absolute atomic E-state index is 11.0. The van der Waals surface area contributed by atoms with E-state index in [0.717, 1.165) is 49.8 Å². The largest absolute Gasteiger partial charge is 0.393 e. The minimum atomic E-state index is -0.133. The Balaban J connectivity index is 1.42. The summed E-state index contributed by atoms with van der Waals surface area (Å²) < 4.78 is 5.24. The number of fused-ring (bicyclic) bond motifs is 7. The summed E-state index contributed by atoms with van der Waals surface area (Å²) in [6.07, 6.45) is 15.9. The Morgan fingerprint density at radius 3 is 2.34 bits per heavy atom. The monoisotopic (exact) mass is 527 g/mol. The van der Waals surface area contributed by atoms with E-state index in [9.17, 15) is 5.11 Å². The van der Waals surface area contributed by atoms with E-state index < -0.39 is 0 Å². The zero-order valence-electron chi connectivity index (χ0n) is 26.1. The van der Waals surface area contributed by atoms with E-state index in [2.05, 4.69) is 53.4 Å². The minimum Gasteiger partial charge on any atom is -0.393 e. The van der Waals surface area contributed by atoms with Gasteiger partial charge in [-0.2, -0.15) is 0 Å². The highest BCUT2D eigenvalue weighted by Crippen LogP contribution is 2.77. The van der Waals surface area contributed by atoms with Crippen LogP contribution in [0.15, 0.2) is 12.2 Å². The van der Waals surface area contributed by atoms with Gasteiger partial charge < -0.3 is 15.2 Å². The summed E-state index contributed by atoms with van der Waals surface area (Å²) in [5.74, 6) is 3.83. The van der Waals surface area contributed by atoms with Crippen LogP contribution in [0, 0.1) is 56.7 Å². The van der Waals surface area contributed by atoms with Crippen LogP contribution in [0.25, 0.3) is 0 Å². The number of hydrogen-bond donors (Lipinski definition) is 2. The van der Waals surface area contributed by atoms with E-state index in [1.54, 1.807) is 7.11 Å². The van der Waals surface area contributed by atoms with Gasteiger partial charge in [0.05, 0.1) is 12.7 Å². The number of hydrogen-bond acceptors (Lipinski definition) is 3. The molecule has 3 nitrogen and oxygen atoms in total. The van der Waals surface area contributed by atoms with E-state index in [1.807, 2.05) is 0 Å². The quantitative estimate of drug-likeness (QED) is 0.248. The highest BCUT2D eigenvalue weighted by atomic mass is 16.5. The van der Waals surface area contributed by atoms with Gasteiger partial charge in [-0.3, -0.25) is 0 Å². The van der Waals surface area contributed by atoms with Gasteiger partial charge in [-0.1, -0.05) is 46.8 Å². The van der Waals surface area contributed by atoms with Crippen LogP contribution in [0.3, 0.4) is 0 Å². The third kappa shape index (κ3) is 4.13. The molecule has 3 heteroatoms. The fourth-order valence-corrected chi connectivity index (χ4v) is 12.6. The second-order valence-corrected chi connectivity index (χ2v) is 16.3. The van der Waals surface area contributed by atoms with Crippen molar-refractivity contribution < 1.29 is 9.84 Å². The molecule has 0 saturated heterocycles. The lowest BCUT2D eigenvalue weighted by molar-refractivity contribution is -0.248. The molecule has 38 heavy (non-hydrogen) atoms. The topological polar surface area (TPSA) is 41.5 Å². The molecule has 5 rings (SSSR count). The average Bonchev–Trinajstić information content (AvgIpc) is 3.24. The van der Waals surface area contributed by atoms with Gasteiger partial charge in [-0.25, -0.2) is 0 Å². The first-order valence-corrected chi connectivity index (χ1v) is 16.4. The molecular weight excluding hydrogens is 466 g/mol. The number of nitrogens with one attached hydrogen (secondary N) is 1. The van der Waals surface area contributed by atoms with Crippen LogP contribution < -0.4 is 5.32 Å². The summed E-state index contributed by atoms with van der Waals surface area (Å²) in [6, 6.07) is 0. The molecule has 0 radical (unpaired) electrons. The van der Waals surface area contributed by atoms with Gasteiger partial charge in [0.2, 0.25) is 0 Å². The Labute approximate surface area is 235 Å². The average molecular weight is 528 g/mol. The first kappa shape index (κ1) is 29.1. The molecule has 0 unspecified atom stereocenters. The maximum Gasteiger partial charge on any atom is 0.0594 e. The van der Waals surface area contributed by atoms with Gasteiger partial charge in [-0.15, -0.1) is 0 Å². The van der Waals surface area contributed by atoms with Crippen LogP contribution in [0.1, 0.15) is 119 Å². The van der Waals surface area contributed by atoms with Crippen LogP contribution in [0.5, 0.6) is 0 Å². The molecular formula is C35H61NO2. The third-order valence-corrected chi connectivity index (χ3v) is 14.7. The summed E-state index contributed by atoms with van der Waals surface area (Å²) >= 11 is 0. The molecule has 0 bridgehead atoms. The Hall–Kier alpha value is -0.380. The SMILES string of the molecule is C=C(C)[C@@H]1CC[C@]2(CCCNCCOC)CC[C@]3(C)[C@H](CC[C@@H]4[C@@]5(C)CC[C@H](O)C(C)(C)[C@@H]5CC[C@]43C)[C@@H]12. The molecule has 5 fully saturated rings. The van der Waals surface area contributed by atoms with Crippen molar-refractivity contribution >= 4 is 0 Å². The first-order valence-electron chi connectivity index (χ1n) is 16.4. The normalized spacial score (nSPS) is 49.5. The van der Waals surface area contributed by atoms with Gasteiger partial charge in [0.1, 0.15) is 0 Å². The van der Waals surface area contributed by atoms with Gasteiger partial charge in [-0.05, 0) is 147 Å². The fourth-order valence-electron chi connectivity index (χ4n) is 12.6. The highest BCUT2D eigenvalue weighted by Gasteiger charge is 2.70. The van der Waals surface area contributed by atoms with Crippen LogP contribution in [0.2, 0.25) is 0 Å². The molecule has 0 aromatic rings. The first-order chi connectivity index (χ1) is 17.9. The van der Waals surface area contributed by atoms with Crippen molar-refractivity contribution in [3.63, 3.8) is 0 Å². The van der Waals surface area contributed by atoms with E-state index in [1.165, 1.54) is 76.2 Å². The molecule has 2 N–H and O–H groups in total. The summed E-state index contributed by atoms with van der Waals surface area (Å²) in [5, 5.41) is 14.6. The zero-order chi connectivity index (χ0) is 27.6. The molecule has 0 amide bonds. The number of aliphatic hydroxyl groups excluding tert-OH is 1. The summed E-state index contributed by atoms with van der Waals surface area (Å²) in [4.78, 5) is 0. The van der Waals surface area contributed by atoms with Crippen molar-refractivity contribution in [2.75, 3.05) is 26.8 Å². The lowest BCUT2D eigenvalue weighted by atomic mass is 9.32. The van der Waals surface area contributed by atoms with Crippen LogP contribution >= 0.6 is 0 Å². The predicted octanol–water partition coefficient (Wildman–Crippen LogP) is 8.02. The molecule has 5 aliphatic carbocycles. The molecule has 0 aromatic carbocycles. The molecule has 0 heterocycles. The van der Waals surface area contributed by atoms with Crippen LogP contribution in [-0.2, 0) is 4.74 Å². The van der Waals surface area contributed by atoms with Crippen molar-refractivity contribution in [2.45, 2.75) is 125 Å². The predicted molar refractivity (Wildman–Crippen MR) is 159 cm³/mol. The van der Waals surface area contributed by atoms with Crippen molar-refractivity contribution in [2.24, 2.45) is 56.7 Å². The fraction of sp³-hybridized carbons (Fsp3) is 0.943. The van der Waals surface area contributed by atoms with Gasteiger partial charge >= 0.3 is 0 Å². The zero-order valence-corrected chi connectivity index (χ0v) is 26.1. The molecule has 5 saturated carbocycles. The number of ether oxygens (including phenoxy) is 1. The molecule has 0 aromatic heterocycles. The Bertz CT molecular complexity index is 883. The van der Waals surface area contributed by atoms with Gasteiger partial charge in [0, 0.05) is 13.7 Å². The van der Waals surface area contributed by atoms with E-state index >= 15 is 0 Å². The number of aliphatic hydroxyl groups is 1. The maximum atomic E-state index is 11.0. The standard InChI is InChI=1S/C35H61NO2/c1-24(2)25-12-18-35(15-9-21-36-22-23-38-8)20-19-33(6)26(30(25)35)10-11-28-32(5)16-14-29(37)31(3,4)27(32)13-17-34(28,33)7/h25-30,36-37H,1,9-23H2,2-8H3/t25-,26+,27-,28+,29-,30+,32-,33+,34+,35+/m0/s1. The smallest absolute Gasteiger partial charge is 0.0594 e. The number of methoxy groups -OCH3 is 1. The van der Waals surface area contributed by atoms with Crippen LogP contribution in [0.4, 0.5) is 0 Å². The van der Waals surface area contributed by atoms with Gasteiger partial charge in [0.25, 0.3) is 0 Å². The lowest BCUT2D eigenvalue weighted by Gasteiger charge is -2.73. The summed E-state index contributed by atoms with van der Waals surface area (Å²) in [7, 11) is 1.79. The highest BCUT2D eigenvalue weighted by molar-refractivity contribution is 5.21. The molecule has 0 aliphatic heterocycles. The van der Waals surface area contributed by atoms with E-state index in [4.69, 9.17) is 4.74 Å². The Morgan fingerprint density at radius 1 is 0.868 bits per heavy atom. The molecule has 5 aliphatic rings. The molecule has 0 spiro atoms. The Kier molecular flexibility index (Phi) is 7.79. The summed E-state index contributed by atoms with van der Waals surface area (Å²) in [5.41, 5.74) is 3.24. The second kappa shape index (κ2) is 10.2. The Morgan fingerprint density at radius 2 is 1.63 bits per heavy atom. The van der Waals surface area contributed by atoms with E-state index in [-0.39, 0.29) is 11.5 Å². The number of rotatable bonds is 8. The van der Waals surface area contributed by atoms with Crippen LogP contribution in [-0.4, -0.2) is 38.0 Å². The van der Waals surface area contributed by atoms with Crippen molar-refractivity contribution in [3.05, 3.63) is 12.2 Å². The molecule has 10 atom stereocenters. The van der Waals surface area contributed by atoms with Gasteiger partial charge in [0.15, 0.2) is 0 Å². The lowest BCUT2D eigenvalue weighted by Crippen LogP contribution is -2.66. The third-order valence-electron chi connectivity index (χ3n) is 14.7. The minimum absolute atomic E-state index is 0.0432. The van der Waals surface area contributed by atoms with Crippen molar-refractivity contribution in [1.82, 2.24) is 5.32 Å².